The summed E-state index contributed by atoms with van der Waals surface area (Å²) in [6.07, 6.45) is 2.68. The summed E-state index contributed by atoms with van der Waals surface area (Å²) in [5.74, 6) is 0.229. The lowest BCUT2D eigenvalue weighted by Crippen LogP contribution is -1.97. The van der Waals surface area contributed by atoms with Crippen molar-refractivity contribution in [1.29, 1.82) is 0 Å². The van der Waals surface area contributed by atoms with Gasteiger partial charge in [-0.15, -0.1) is 0 Å². The molecule has 1 aromatic heterocycles. The molecular weight excluding hydrogens is 370 g/mol. The van der Waals surface area contributed by atoms with Gasteiger partial charge in [-0.3, -0.25) is 14.9 Å². The molecule has 0 saturated carbocycles. The monoisotopic (exact) mass is 383 g/mol. The molecule has 0 spiro atoms. The number of nitro groups is 1. The van der Waals surface area contributed by atoms with E-state index < -0.39 is 4.92 Å². The predicted octanol–water partition coefficient (Wildman–Crippen LogP) is 5.32. The molecule has 27 heavy (non-hydrogen) atoms. The quantitative estimate of drug-likeness (QED) is 0.239. The lowest BCUT2D eigenvalue weighted by Gasteiger charge is -2.07. The minimum atomic E-state index is -0.638. The molecule has 2 aromatic carbocycles. The zero-order chi connectivity index (χ0) is 19.2. The number of hydrogen-bond donors (Lipinski definition) is 0. The molecule has 0 amide bonds. The molecule has 0 saturated heterocycles. The highest BCUT2D eigenvalue weighted by molar-refractivity contribution is 6.30. The van der Waals surface area contributed by atoms with Gasteiger partial charge in [0.15, 0.2) is 5.78 Å². The van der Waals surface area contributed by atoms with E-state index in [-0.39, 0.29) is 17.4 Å². The van der Waals surface area contributed by atoms with E-state index in [2.05, 4.69) is 0 Å². The van der Waals surface area contributed by atoms with Gasteiger partial charge >= 0.3 is 5.88 Å². The molecule has 0 radical (unpaired) electrons. The Morgan fingerprint density at radius 3 is 2.59 bits per heavy atom. The normalized spacial score (nSPS) is 10.9. The van der Waals surface area contributed by atoms with Crippen molar-refractivity contribution in [3.63, 3.8) is 0 Å². The topological polar surface area (TPSA) is 82.6 Å². The number of ketones is 1. The number of carbonyl (C=O) groups is 1. The van der Waals surface area contributed by atoms with Crippen LogP contribution in [0.4, 0.5) is 5.88 Å². The zero-order valence-corrected chi connectivity index (χ0v) is 14.8. The van der Waals surface area contributed by atoms with Crippen molar-refractivity contribution in [2.24, 2.45) is 0 Å². The number of furan rings is 1. The largest absolute Gasteiger partial charge is 0.489 e. The maximum absolute atomic E-state index is 12.2. The molecule has 7 heteroatoms. The maximum atomic E-state index is 12.2. The number of nitrogens with zero attached hydrogens (tertiary/aromatic N) is 1. The van der Waals surface area contributed by atoms with Gasteiger partial charge in [-0.25, -0.2) is 0 Å². The molecule has 0 fully saturated rings. The van der Waals surface area contributed by atoms with Gasteiger partial charge in [-0.1, -0.05) is 23.7 Å². The average molecular weight is 384 g/mol. The Morgan fingerprint density at radius 1 is 1.15 bits per heavy atom. The third kappa shape index (κ3) is 5.05. The fraction of sp³-hybridized carbons (Fsp3) is 0.0500. The lowest BCUT2D eigenvalue weighted by atomic mass is 10.1. The van der Waals surface area contributed by atoms with Crippen molar-refractivity contribution in [2.75, 3.05) is 0 Å². The number of carbonyl (C=O) groups excluding carboxylic acids is 1. The number of halogens is 1. The lowest BCUT2D eigenvalue weighted by molar-refractivity contribution is -0.402. The molecule has 0 N–H and O–H groups in total. The van der Waals surface area contributed by atoms with Crippen LogP contribution < -0.4 is 4.74 Å². The molecule has 1 heterocycles. The highest BCUT2D eigenvalue weighted by Crippen LogP contribution is 2.19. The first-order valence-electron chi connectivity index (χ1n) is 7.95. The van der Waals surface area contributed by atoms with Crippen LogP contribution in [-0.2, 0) is 6.61 Å². The standard InChI is InChI=1S/C20H14ClNO5/c21-16-3-1-2-14(12-16)13-26-17-6-4-15(5-7-17)19(23)10-8-18-9-11-20(27-18)22(24)25/h1-12H,13H2/b10-8+. The molecule has 6 nitrogen and oxygen atoms in total. The highest BCUT2D eigenvalue weighted by Gasteiger charge is 2.10. The van der Waals surface area contributed by atoms with Crippen molar-refractivity contribution in [3.8, 4) is 5.75 Å². The van der Waals surface area contributed by atoms with Crippen molar-refractivity contribution in [2.45, 2.75) is 6.61 Å². The van der Waals surface area contributed by atoms with Gasteiger partial charge in [-0.05, 0) is 60.2 Å². The van der Waals surface area contributed by atoms with E-state index in [1.807, 2.05) is 18.2 Å². The van der Waals surface area contributed by atoms with Gasteiger partial charge in [-0.2, -0.15) is 0 Å². The van der Waals surface area contributed by atoms with Crippen molar-refractivity contribution < 1.29 is 18.9 Å². The molecule has 0 unspecified atom stereocenters. The van der Waals surface area contributed by atoms with Gasteiger partial charge in [0, 0.05) is 10.6 Å². The van der Waals surface area contributed by atoms with Crippen LogP contribution in [0.3, 0.4) is 0 Å². The minimum absolute atomic E-state index is 0.233. The Kier molecular flexibility index (Phi) is 5.68. The van der Waals surface area contributed by atoms with E-state index in [9.17, 15) is 14.9 Å². The molecule has 0 aliphatic rings. The summed E-state index contributed by atoms with van der Waals surface area (Å²) >= 11 is 5.93. The van der Waals surface area contributed by atoms with Crippen molar-refractivity contribution in [1.82, 2.24) is 0 Å². The summed E-state index contributed by atoms with van der Waals surface area (Å²) in [7, 11) is 0. The maximum Gasteiger partial charge on any atom is 0.433 e. The predicted molar refractivity (Wildman–Crippen MR) is 101 cm³/mol. The van der Waals surface area contributed by atoms with Gasteiger partial charge < -0.3 is 9.15 Å². The second-order valence-electron chi connectivity index (χ2n) is 5.57. The molecule has 136 valence electrons. The second-order valence-corrected chi connectivity index (χ2v) is 6.01. The Balaban J connectivity index is 1.59. The Morgan fingerprint density at radius 2 is 1.93 bits per heavy atom. The number of allylic oxidation sites excluding steroid dienone is 1. The van der Waals surface area contributed by atoms with Crippen LogP contribution in [-0.4, -0.2) is 10.7 Å². The van der Waals surface area contributed by atoms with Crippen LogP contribution in [0.5, 0.6) is 5.75 Å². The van der Waals surface area contributed by atoms with Crippen molar-refractivity contribution in [3.05, 3.63) is 98.8 Å². The Labute approximate surface area is 159 Å². The van der Waals surface area contributed by atoms with E-state index >= 15 is 0 Å². The van der Waals surface area contributed by atoms with E-state index in [0.717, 1.165) is 5.56 Å². The summed E-state index contributed by atoms with van der Waals surface area (Å²) in [6, 6.07) is 16.7. The summed E-state index contributed by atoms with van der Waals surface area (Å²) in [4.78, 5) is 22.1. The molecule has 3 aromatic rings. The second kappa shape index (κ2) is 8.33. The minimum Gasteiger partial charge on any atom is -0.489 e. The number of rotatable bonds is 7. The van der Waals surface area contributed by atoms with Crippen LogP contribution in [0, 0.1) is 10.1 Å². The van der Waals surface area contributed by atoms with Crippen LogP contribution in [0.15, 0.2) is 71.2 Å². The number of ether oxygens (including phenoxy) is 1. The first-order chi connectivity index (χ1) is 13.0. The summed E-state index contributed by atoms with van der Waals surface area (Å²) < 4.78 is 10.6. The zero-order valence-electron chi connectivity index (χ0n) is 14.0. The summed E-state index contributed by atoms with van der Waals surface area (Å²) in [6.45, 7) is 0.366. The van der Waals surface area contributed by atoms with Gasteiger partial charge in [0.05, 0.1) is 6.07 Å². The number of benzene rings is 2. The average Bonchev–Trinajstić information content (AvgIpc) is 3.14. The smallest absolute Gasteiger partial charge is 0.433 e. The first-order valence-corrected chi connectivity index (χ1v) is 8.33. The first kappa shape index (κ1) is 18.4. The van der Waals surface area contributed by atoms with Crippen LogP contribution in [0.1, 0.15) is 21.7 Å². The highest BCUT2D eigenvalue weighted by atomic mass is 35.5. The third-order valence-electron chi connectivity index (χ3n) is 3.62. The molecule has 3 rings (SSSR count). The molecule has 0 bridgehead atoms. The van der Waals surface area contributed by atoms with Crippen LogP contribution >= 0.6 is 11.6 Å². The number of hydrogen-bond acceptors (Lipinski definition) is 5. The summed E-state index contributed by atoms with van der Waals surface area (Å²) in [5.41, 5.74) is 1.40. The Hall–Kier alpha value is -3.38. The van der Waals surface area contributed by atoms with Gasteiger partial charge in [0.1, 0.15) is 23.0 Å². The molecular formula is C20H14ClNO5. The molecule has 0 aliphatic heterocycles. The molecule has 0 aliphatic carbocycles. The SMILES string of the molecule is O=C(/C=C/c1ccc([N+](=O)[O-])o1)c1ccc(OCc2cccc(Cl)c2)cc1. The fourth-order valence-electron chi connectivity index (χ4n) is 2.29. The van der Waals surface area contributed by atoms with E-state index in [0.29, 0.717) is 22.9 Å². The van der Waals surface area contributed by atoms with Gasteiger partial charge in [0.25, 0.3) is 0 Å². The Bertz CT molecular complexity index is 992. The van der Waals surface area contributed by atoms with E-state index in [1.54, 1.807) is 30.3 Å². The van der Waals surface area contributed by atoms with Crippen LogP contribution in [0.25, 0.3) is 6.08 Å². The van der Waals surface area contributed by atoms with Gasteiger partial charge in [0.2, 0.25) is 0 Å². The molecule has 0 atom stereocenters. The van der Waals surface area contributed by atoms with Crippen molar-refractivity contribution >= 4 is 29.3 Å². The van der Waals surface area contributed by atoms with Crippen LogP contribution in [0.2, 0.25) is 5.02 Å². The summed E-state index contributed by atoms with van der Waals surface area (Å²) in [5, 5.41) is 11.2. The van der Waals surface area contributed by atoms with E-state index in [4.69, 9.17) is 20.8 Å². The third-order valence-corrected chi connectivity index (χ3v) is 3.86. The van der Waals surface area contributed by atoms with E-state index in [1.165, 1.54) is 24.3 Å². The fourth-order valence-corrected chi connectivity index (χ4v) is 2.51.